The van der Waals surface area contributed by atoms with Crippen molar-refractivity contribution >= 4 is 12.6 Å². The molecule has 5 heteroatoms. The largest absolute Gasteiger partial charge is 0.394 e. The van der Waals surface area contributed by atoms with Crippen molar-refractivity contribution < 1.29 is 9.50 Å². The fourth-order valence-corrected chi connectivity index (χ4v) is 1.67. The molecule has 0 atom stereocenters. The molecular formula is C11H11FN2OS. The molecule has 2 aromatic rings. The van der Waals surface area contributed by atoms with E-state index >= 15 is 0 Å². The lowest BCUT2D eigenvalue weighted by Gasteiger charge is -2.00. The monoisotopic (exact) mass is 238 g/mol. The summed E-state index contributed by atoms with van der Waals surface area (Å²) in [6.45, 7) is 0.415. The highest BCUT2D eigenvalue weighted by molar-refractivity contribution is 7.80. The van der Waals surface area contributed by atoms with Gasteiger partial charge in [0.05, 0.1) is 19.3 Å². The van der Waals surface area contributed by atoms with Crippen LogP contribution in [0.25, 0.3) is 11.1 Å². The second-order valence-corrected chi connectivity index (χ2v) is 3.90. The molecule has 84 valence electrons. The molecule has 0 spiro atoms. The van der Waals surface area contributed by atoms with E-state index in [-0.39, 0.29) is 12.4 Å². The molecule has 1 heterocycles. The Morgan fingerprint density at radius 3 is 3.00 bits per heavy atom. The normalized spacial score (nSPS) is 10.7. The number of thiol groups is 1. The smallest absolute Gasteiger partial charge is 0.131 e. The Kier molecular flexibility index (Phi) is 3.26. The van der Waals surface area contributed by atoms with E-state index in [4.69, 9.17) is 5.11 Å². The van der Waals surface area contributed by atoms with Crippen molar-refractivity contribution in [1.82, 2.24) is 9.78 Å². The van der Waals surface area contributed by atoms with Crippen molar-refractivity contribution in [2.75, 3.05) is 6.61 Å². The van der Waals surface area contributed by atoms with Gasteiger partial charge in [0.15, 0.2) is 0 Å². The molecule has 0 fully saturated rings. The fourth-order valence-electron chi connectivity index (χ4n) is 1.46. The van der Waals surface area contributed by atoms with Crippen molar-refractivity contribution in [3.05, 3.63) is 36.4 Å². The summed E-state index contributed by atoms with van der Waals surface area (Å²) in [5.74, 6) is -0.304. The highest BCUT2D eigenvalue weighted by atomic mass is 32.1. The number of halogens is 1. The molecule has 1 aromatic heterocycles. The van der Waals surface area contributed by atoms with E-state index in [1.807, 2.05) is 0 Å². The molecule has 0 saturated carbocycles. The summed E-state index contributed by atoms with van der Waals surface area (Å²) < 4.78 is 15.1. The fraction of sp³-hybridized carbons (Fsp3) is 0.182. The van der Waals surface area contributed by atoms with E-state index in [1.165, 1.54) is 6.07 Å². The van der Waals surface area contributed by atoms with Crippen LogP contribution in [0, 0.1) is 5.82 Å². The molecule has 3 nitrogen and oxygen atoms in total. The van der Waals surface area contributed by atoms with E-state index in [1.54, 1.807) is 29.2 Å². The van der Waals surface area contributed by atoms with Crippen LogP contribution < -0.4 is 0 Å². The Labute approximate surface area is 97.9 Å². The lowest BCUT2D eigenvalue weighted by Crippen LogP contribution is -2.01. The zero-order valence-corrected chi connectivity index (χ0v) is 9.36. The van der Waals surface area contributed by atoms with Crippen molar-refractivity contribution in [2.24, 2.45) is 0 Å². The van der Waals surface area contributed by atoms with Gasteiger partial charge in [-0.25, -0.2) is 4.39 Å². The highest BCUT2D eigenvalue weighted by Gasteiger charge is 2.07. The van der Waals surface area contributed by atoms with Gasteiger partial charge in [0, 0.05) is 22.2 Å². The SMILES string of the molecule is OCCn1cc(-c2cc(S)ccc2F)cn1. The van der Waals surface area contributed by atoms with E-state index in [9.17, 15) is 4.39 Å². The molecule has 0 aliphatic heterocycles. The first-order chi connectivity index (χ1) is 7.70. The number of aliphatic hydroxyl groups excluding tert-OH is 1. The van der Waals surface area contributed by atoms with Crippen LogP contribution >= 0.6 is 12.6 Å². The Bertz CT molecular complexity index is 498. The van der Waals surface area contributed by atoms with Crippen LogP contribution in [0.5, 0.6) is 0 Å². The molecule has 1 N–H and O–H groups in total. The summed E-state index contributed by atoms with van der Waals surface area (Å²) in [6.07, 6.45) is 3.27. The van der Waals surface area contributed by atoms with Crippen molar-refractivity contribution in [2.45, 2.75) is 11.4 Å². The predicted molar refractivity (Wildman–Crippen MR) is 62.0 cm³/mol. The van der Waals surface area contributed by atoms with Crippen molar-refractivity contribution in [1.29, 1.82) is 0 Å². The van der Waals surface area contributed by atoms with Crippen LogP contribution in [0.1, 0.15) is 0 Å². The van der Waals surface area contributed by atoms with Gasteiger partial charge in [-0.2, -0.15) is 5.10 Å². The first kappa shape index (κ1) is 11.2. The molecular weight excluding hydrogens is 227 g/mol. The minimum atomic E-state index is -0.304. The summed E-state index contributed by atoms with van der Waals surface area (Å²) in [7, 11) is 0. The Balaban J connectivity index is 2.38. The predicted octanol–water partition coefficient (Wildman–Crippen LogP) is 1.97. The second-order valence-electron chi connectivity index (χ2n) is 3.38. The van der Waals surface area contributed by atoms with Gasteiger partial charge in [-0.1, -0.05) is 0 Å². The summed E-state index contributed by atoms with van der Waals surface area (Å²) in [4.78, 5) is 0.700. The molecule has 0 aliphatic rings. The third kappa shape index (κ3) is 2.25. The average molecular weight is 238 g/mol. The van der Waals surface area contributed by atoms with Crippen LogP contribution in [0.4, 0.5) is 4.39 Å². The summed E-state index contributed by atoms with van der Waals surface area (Å²) >= 11 is 4.17. The van der Waals surface area contributed by atoms with E-state index in [0.29, 0.717) is 22.6 Å². The van der Waals surface area contributed by atoms with Gasteiger partial charge in [-0.15, -0.1) is 12.6 Å². The number of hydrogen-bond acceptors (Lipinski definition) is 3. The number of nitrogens with zero attached hydrogens (tertiary/aromatic N) is 2. The van der Waals surface area contributed by atoms with Gasteiger partial charge in [-0.05, 0) is 18.2 Å². The zero-order chi connectivity index (χ0) is 11.5. The number of hydrogen-bond donors (Lipinski definition) is 2. The highest BCUT2D eigenvalue weighted by Crippen LogP contribution is 2.24. The topological polar surface area (TPSA) is 38.0 Å². The maximum Gasteiger partial charge on any atom is 0.131 e. The molecule has 0 unspecified atom stereocenters. The van der Waals surface area contributed by atoms with Gasteiger partial charge >= 0.3 is 0 Å². The quantitative estimate of drug-likeness (QED) is 0.802. The average Bonchev–Trinajstić information content (AvgIpc) is 2.71. The maximum atomic E-state index is 13.5. The van der Waals surface area contributed by atoms with Gasteiger partial charge in [0.25, 0.3) is 0 Å². The molecule has 0 saturated heterocycles. The molecule has 0 bridgehead atoms. The Hall–Kier alpha value is -1.33. The first-order valence-corrected chi connectivity index (χ1v) is 5.27. The van der Waals surface area contributed by atoms with Gasteiger partial charge in [-0.3, -0.25) is 4.68 Å². The standard InChI is InChI=1S/C11H11FN2OS/c12-11-2-1-9(16)5-10(11)8-6-13-14(7-8)3-4-15/h1-2,5-7,15-16H,3-4H2. The number of aromatic nitrogens is 2. The minimum absolute atomic E-state index is 0.0101. The second kappa shape index (κ2) is 4.67. The molecule has 1 aromatic carbocycles. The number of aliphatic hydroxyl groups is 1. The van der Waals surface area contributed by atoms with Crippen LogP contribution in [0.15, 0.2) is 35.5 Å². The third-order valence-electron chi connectivity index (χ3n) is 2.22. The minimum Gasteiger partial charge on any atom is -0.394 e. The molecule has 0 radical (unpaired) electrons. The first-order valence-electron chi connectivity index (χ1n) is 4.83. The van der Waals surface area contributed by atoms with Crippen LogP contribution in [0.3, 0.4) is 0 Å². The molecule has 2 rings (SSSR count). The van der Waals surface area contributed by atoms with Gasteiger partial charge < -0.3 is 5.11 Å². The summed E-state index contributed by atoms with van der Waals surface area (Å²) in [5.41, 5.74) is 1.15. The maximum absolute atomic E-state index is 13.5. The Morgan fingerprint density at radius 2 is 2.25 bits per heavy atom. The van der Waals surface area contributed by atoms with E-state index in [2.05, 4.69) is 17.7 Å². The molecule has 0 aliphatic carbocycles. The van der Waals surface area contributed by atoms with E-state index in [0.717, 1.165) is 0 Å². The molecule has 16 heavy (non-hydrogen) atoms. The Morgan fingerprint density at radius 1 is 1.44 bits per heavy atom. The summed E-state index contributed by atoms with van der Waals surface area (Å²) in [6, 6.07) is 4.62. The zero-order valence-electron chi connectivity index (χ0n) is 8.47. The lowest BCUT2D eigenvalue weighted by atomic mass is 10.1. The summed E-state index contributed by atoms with van der Waals surface area (Å²) in [5, 5.41) is 12.8. The molecule has 0 amide bonds. The van der Waals surface area contributed by atoms with Gasteiger partial charge in [0.2, 0.25) is 0 Å². The van der Waals surface area contributed by atoms with Crippen LogP contribution in [-0.2, 0) is 6.54 Å². The van der Waals surface area contributed by atoms with Crippen molar-refractivity contribution in [3.63, 3.8) is 0 Å². The lowest BCUT2D eigenvalue weighted by molar-refractivity contribution is 0.269. The number of rotatable bonds is 3. The van der Waals surface area contributed by atoms with Gasteiger partial charge in [0.1, 0.15) is 5.82 Å². The van der Waals surface area contributed by atoms with Crippen LogP contribution in [-0.4, -0.2) is 21.5 Å². The van der Waals surface area contributed by atoms with Crippen LogP contribution in [0.2, 0.25) is 0 Å². The third-order valence-corrected chi connectivity index (χ3v) is 2.50. The number of benzene rings is 1. The van der Waals surface area contributed by atoms with E-state index < -0.39 is 0 Å². The van der Waals surface area contributed by atoms with Crippen molar-refractivity contribution in [3.8, 4) is 11.1 Å².